The van der Waals surface area contributed by atoms with E-state index in [1.165, 1.54) is 77.2 Å². The Labute approximate surface area is 113 Å². The Bertz CT molecular complexity index is 165. The van der Waals surface area contributed by atoms with E-state index in [1.807, 2.05) is 0 Å². The molecule has 18 heavy (non-hydrogen) atoms. The summed E-state index contributed by atoms with van der Waals surface area (Å²) in [6, 6.07) is 0. The van der Waals surface area contributed by atoms with Crippen LogP contribution in [0.2, 0.25) is 0 Å². The van der Waals surface area contributed by atoms with Gasteiger partial charge in [-0.2, -0.15) is 0 Å². The summed E-state index contributed by atoms with van der Waals surface area (Å²) in [6.07, 6.45) is 15.8. The van der Waals surface area contributed by atoms with Crippen LogP contribution in [0.1, 0.15) is 70.6 Å². The molecule has 1 saturated heterocycles. The number of hydrogen-bond acceptors (Lipinski definition) is 2. The third-order valence-electron chi connectivity index (χ3n) is 4.60. The van der Waals surface area contributed by atoms with Gasteiger partial charge in [-0.15, -0.1) is 0 Å². The average Bonchev–Trinajstić information content (AvgIpc) is 2.61. The lowest BCUT2D eigenvalue weighted by atomic mass is 9.89. The Hall–Kier alpha value is -0.0800. The van der Waals surface area contributed by atoms with E-state index in [2.05, 4.69) is 5.32 Å². The van der Waals surface area contributed by atoms with Gasteiger partial charge in [0.25, 0.3) is 0 Å². The summed E-state index contributed by atoms with van der Waals surface area (Å²) in [5, 5.41) is 3.50. The molecule has 1 saturated carbocycles. The van der Waals surface area contributed by atoms with Gasteiger partial charge >= 0.3 is 0 Å². The van der Waals surface area contributed by atoms with E-state index in [4.69, 9.17) is 4.74 Å². The first-order chi connectivity index (χ1) is 8.97. The van der Waals surface area contributed by atoms with E-state index in [1.54, 1.807) is 0 Å². The minimum Gasteiger partial charge on any atom is -0.378 e. The van der Waals surface area contributed by atoms with Crippen LogP contribution in [0, 0.1) is 5.92 Å². The van der Waals surface area contributed by atoms with E-state index in [9.17, 15) is 0 Å². The second-order valence-electron chi connectivity index (χ2n) is 6.11. The molecular formula is C16H31NO. The monoisotopic (exact) mass is 253 g/mol. The van der Waals surface area contributed by atoms with Gasteiger partial charge in [-0.25, -0.2) is 0 Å². The molecule has 1 aliphatic carbocycles. The Morgan fingerprint density at radius 2 is 1.33 bits per heavy atom. The molecule has 0 spiro atoms. The first kappa shape index (κ1) is 14.3. The van der Waals surface area contributed by atoms with Crippen LogP contribution >= 0.6 is 0 Å². The summed E-state index contributed by atoms with van der Waals surface area (Å²) < 4.78 is 6.20. The summed E-state index contributed by atoms with van der Waals surface area (Å²) in [7, 11) is 0. The summed E-state index contributed by atoms with van der Waals surface area (Å²) in [5.41, 5.74) is 0. The minimum absolute atomic E-state index is 0.558. The van der Waals surface area contributed by atoms with Crippen molar-refractivity contribution >= 4 is 0 Å². The van der Waals surface area contributed by atoms with E-state index in [0.29, 0.717) is 6.10 Å². The van der Waals surface area contributed by atoms with Crippen molar-refractivity contribution in [3.05, 3.63) is 0 Å². The fraction of sp³-hybridized carbons (Fsp3) is 1.00. The predicted octanol–water partition coefficient (Wildman–Crippen LogP) is 3.90. The fourth-order valence-corrected chi connectivity index (χ4v) is 3.48. The number of ether oxygens (including phenoxy) is 1. The molecular weight excluding hydrogens is 222 g/mol. The molecule has 1 atom stereocenters. The van der Waals surface area contributed by atoms with E-state index >= 15 is 0 Å². The maximum atomic E-state index is 6.20. The third kappa shape index (κ3) is 5.27. The van der Waals surface area contributed by atoms with Crippen molar-refractivity contribution in [1.29, 1.82) is 0 Å². The highest BCUT2D eigenvalue weighted by atomic mass is 16.5. The molecule has 0 radical (unpaired) electrons. The van der Waals surface area contributed by atoms with Crippen molar-refractivity contribution in [2.24, 2.45) is 5.92 Å². The molecule has 106 valence electrons. The van der Waals surface area contributed by atoms with Gasteiger partial charge < -0.3 is 10.1 Å². The zero-order chi connectivity index (χ0) is 12.5. The standard InChI is InChI=1S/C16H31NO/c1-2-4-6-10-15(9-5-3-1)16-11-7-12-17-13-8-14-18-16/h15-17H,1-14H2. The van der Waals surface area contributed by atoms with Crippen LogP contribution in [0.25, 0.3) is 0 Å². The number of nitrogens with one attached hydrogen (secondary N) is 1. The Balaban J connectivity index is 1.83. The topological polar surface area (TPSA) is 21.3 Å². The third-order valence-corrected chi connectivity index (χ3v) is 4.60. The van der Waals surface area contributed by atoms with Crippen molar-refractivity contribution in [2.45, 2.75) is 76.7 Å². The smallest absolute Gasteiger partial charge is 0.0603 e. The van der Waals surface area contributed by atoms with Crippen molar-refractivity contribution in [3.8, 4) is 0 Å². The van der Waals surface area contributed by atoms with Crippen molar-refractivity contribution in [3.63, 3.8) is 0 Å². The first-order valence-electron chi connectivity index (χ1n) is 8.29. The van der Waals surface area contributed by atoms with Crippen molar-refractivity contribution in [2.75, 3.05) is 19.7 Å². The van der Waals surface area contributed by atoms with E-state index in [0.717, 1.165) is 19.1 Å². The molecule has 2 nitrogen and oxygen atoms in total. The largest absolute Gasteiger partial charge is 0.378 e. The average molecular weight is 253 g/mol. The molecule has 1 unspecified atom stereocenters. The molecule has 0 aromatic rings. The van der Waals surface area contributed by atoms with Gasteiger partial charge in [0, 0.05) is 6.61 Å². The molecule has 0 aromatic heterocycles. The lowest BCUT2D eigenvalue weighted by molar-refractivity contribution is 0.00108. The number of rotatable bonds is 1. The van der Waals surface area contributed by atoms with Crippen LogP contribution < -0.4 is 5.32 Å². The highest BCUT2D eigenvalue weighted by molar-refractivity contribution is 4.74. The molecule has 1 aliphatic heterocycles. The SMILES string of the molecule is C1CCCCC(C2CCCNCCCO2)CCC1. The van der Waals surface area contributed by atoms with Crippen molar-refractivity contribution < 1.29 is 4.74 Å². The zero-order valence-electron chi connectivity index (χ0n) is 12.0. The summed E-state index contributed by atoms with van der Waals surface area (Å²) in [4.78, 5) is 0. The quantitative estimate of drug-likeness (QED) is 0.765. The Kier molecular flexibility index (Phi) is 7.11. The van der Waals surface area contributed by atoms with Gasteiger partial charge in [0.05, 0.1) is 6.10 Å². The molecule has 0 aromatic carbocycles. The fourth-order valence-electron chi connectivity index (χ4n) is 3.48. The lowest BCUT2D eigenvalue weighted by Crippen LogP contribution is -2.25. The second kappa shape index (κ2) is 8.92. The maximum Gasteiger partial charge on any atom is 0.0603 e. The molecule has 1 heterocycles. The second-order valence-corrected chi connectivity index (χ2v) is 6.11. The highest BCUT2D eigenvalue weighted by Crippen LogP contribution is 2.28. The van der Waals surface area contributed by atoms with Gasteiger partial charge in [-0.3, -0.25) is 0 Å². The molecule has 1 N–H and O–H groups in total. The van der Waals surface area contributed by atoms with Crippen LogP contribution in [0.3, 0.4) is 0 Å². The Morgan fingerprint density at radius 1 is 0.667 bits per heavy atom. The van der Waals surface area contributed by atoms with Crippen molar-refractivity contribution in [1.82, 2.24) is 5.32 Å². The molecule has 2 fully saturated rings. The molecule has 2 rings (SSSR count). The summed E-state index contributed by atoms with van der Waals surface area (Å²) in [5.74, 6) is 0.848. The predicted molar refractivity (Wildman–Crippen MR) is 76.9 cm³/mol. The molecule has 0 amide bonds. The van der Waals surface area contributed by atoms with E-state index < -0.39 is 0 Å². The highest BCUT2D eigenvalue weighted by Gasteiger charge is 2.22. The minimum atomic E-state index is 0.558. The van der Waals surface area contributed by atoms with E-state index in [-0.39, 0.29) is 0 Å². The first-order valence-corrected chi connectivity index (χ1v) is 8.29. The maximum absolute atomic E-state index is 6.20. The Morgan fingerprint density at radius 3 is 2.11 bits per heavy atom. The zero-order valence-corrected chi connectivity index (χ0v) is 12.0. The van der Waals surface area contributed by atoms with Crippen LogP contribution in [-0.2, 0) is 4.74 Å². The van der Waals surface area contributed by atoms with Gasteiger partial charge in [0.1, 0.15) is 0 Å². The van der Waals surface area contributed by atoms with Gasteiger partial charge in [-0.05, 0) is 51.1 Å². The number of hydrogen-bond donors (Lipinski definition) is 1. The van der Waals surface area contributed by atoms with Crippen LogP contribution in [0.4, 0.5) is 0 Å². The van der Waals surface area contributed by atoms with Crippen LogP contribution in [0.15, 0.2) is 0 Å². The van der Waals surface area contributed by atoms with Gasteiger partial charge in [0.2, 0.25) is 0 Å². The lowest BCUT2D eigenvalue weighted by Gasteiger charge is -2.27. The van der Waals surface area contributed by atoms with Crippen LogP contribution in [-0.4, -0.2) is 25.8 Å². The van der Waals surface area contributed by atoms with Gasteiger partial charge in [0.15, 0.2) is 0 Å². The molecule has 2 aliphatic rings. The molecule has 0 bridgehead atoms. The van der Waals surface area contributed by atoms with Gasteiger partial charge in [-0.1, -0.05) is 38.5 Å². The summed E-state index contributed by atoms with van der Waals surface area (Å²) >= 11 is 0. The van der Waals surface area contributed by atoms with Crippen LogP contribution in [0.5, 0.6) is 0 Å². The molecule has 2 heteroatoms. The summed E-state index contributed by atoms with van der Waals surface area (Å²) in [6.45, 7) is 3.29. The normalized spacial score (nSPS) is 30.3.